The second-order valence-electron chi connectivity index (χ2n) is 4.19. The predicted molar refractivity (Wildman–Crippen MR) is 58.5 cm³/mol. The molecule has 0 saturated carbocycles. The zero-order valence-electron chi connectivity index (χ0n) is 9.28. The molecule has 1 saturated heterocycles. The van der Waals surface area contributed by atoms with Crippen molar-refractivity contribution in [3.63, 3.8) is 0 Å². The Bertz CT molecular complexity index is 305. The molecule has 0 radical (unpaired) electrons. The third-order valence-corrected chi connectivity index (χ3v) is 3.17. The van der Waals surface area contributed by atoms with Gasteiger partial charge in [0.2, 0.25) is 0 Å². The van der Waals surface area contributed by atoms with Gasteiger partial charge >= 0.3 is 0 Å². The molecule has 2 rings (SSSR count). The van der Waals surface area contributed by atoms with Gasteiger partial charge in [0.15, 0.2) is 0 Å². The van der Waals surface area contributed by atoms with E-state index in [0.29, 0.717) is 12.6 Å². The number of aromatic nitrogens is 1. The molecule has 0 aromatic carbocycles. The fraction of sp³-hybridized carbons (Fsp3) is 0.727. The van der Waals surface area contributed by atoms with Crippen molar-refractivity contribution >= 4 is 0 Å². The molecule has 1 aliphatic heterocycles. The molecule has 1 aromatic rings. The Morgan fingerprint density at radius 2 is 2.27 bits per heavy atom. The minimum Gasteiger partial charge on any atom is -0.364 e. The fourth-order valence-electron chi connectivity index (χ4n) is 2.37. The van der Waals surface area contributed by atoms with Gasteiger partial charge in [0.05, 0.1) is 5.69 Å². The van der Waals surface area contributed by atoms with E-state index in [2.05, 4.69) is 10.1 Å². The number of aryl methyl sites for hydroxylation is 1. The van der Waals surface area contributed by atoms with Crippen molar-refractivity contribution in [2.75, 3.05) is 19.6 Å². The topological polar surface area (TPSA) is 55.3 Å². The van der Waals surface area contributed by atoms with Crippen LogP contribution >= 0.6 is 0 Å². The van der Waals surface area contributed by atoms with Gasteiger partial charge < -0.3 is 10.3 Å². The lowest BCUT2D eigenvalue weighted by molar-refractivity contribution is 0.234. The van der Waals surface area contributed by atoms with Crippen molar-refractivity contribution in [2.45, 2.75) is 32.2 Å². The van der Waals surface area contributed by atoms with Gasteiger partial charge in [-0.25, -0.2) is 0 Å². The third-order valence-electron chi connectivity index (χ3n) is 3.17. The van der Waals surface area contributed by atoms with E-state index in [4.69, 9.17) is 10.3 Å². The number of likely N-dealkylation sites (tertiary alicyclic amines) is 1. The summed E-state index contributed by atoms with van der Waals surface area (Å²) in [5, 5.41) is 3.95. The minimum atomic E-state index is 0.406. The number of rotatable bonds is 4. The summed E-state index contributed by atoms with van der Waals surface area (Å²) in [4.78, 5) is 2.49. The van der Waals surface area contributed by atoms with Crippen molar-refractivity contribution in [1.82, 2.24) is 10.1 Å². The summed E-state index contributed by atoms with van der Waals surface area (Å²) >= 11 is 0. The second-order valence-corrected chi connectivity index (χ2v) is 4.19. The highest BCUT2D eigenvalue weighted by Gasteiger charge is 2.25. The Morgan fingerprint density at radius 1 is 1.53 bits per heavy atom. The first-order chi connectivity index (χ1) is 7.33. The van der Waals surface area contributed by atoms with E-state index >= 15 is 0 Å². The van der Waals surface area contributed by atoms with E-state index in [1.807, 2.05) is 6.92 Å². The van der Waals surface area contributed by atoms with Gasteiger partial charge in [-0.3, -0.25) is 4.90 Å². The molecule has 1 unspecified atom stereocenters. The fourth-order valence-corrected chi connectivity index (χ4v) is 2.37. The molecule has 0 spiro atoms. The largest absolute Gasteiger partial charge is 0.364 e. The second kappa shape index (κ2) is 4.77. The monoisotopic (exact) mass is 209 g/mol. The van der Waals surface area contributed by atoms with Gasteiger partial charge in [-0.1, -0.05) is 5.16 Å². The lowest BCUT2D eigenvalue weighted by atomic mass is 10.0. The quantitative estimate of drug-likeness (QED) is 0.815. The molecule has 0 bridgehead atoms. The first-order valence-corrected chi connectivity index (χ1v) is 5.68. The predicted octanol–water partition coefficient (Wildman–Crippen LogP) is 1.47. The van der Waals surface area contributed by atoms with Gasteiger partial charge in [-0.2, -0.15) is 0 Å². The zero-order valence-corrected chi connectivity index (χ0v) is 9.28. The number of nitrogens with zero attached hydrogens (tertiary/aromatic N) is 2. The van der Waals surface area contributed by atoms with Gasteiger partial charge in [-0.15, -0.1) is 0 Å². The van der Waals surface area contributed by atoms with E-state index in [0.717, 1.165) is 12.1 Å². The Morgan fingerprint density at radius 3 is 2.80 bits per heavy atom. The average molecular weight is 209 g/mol. The molecule has 2 heterocycles. The van der Waals surface area contributed by atoms with Gasteiger partial charge in [0.1, 0.15) is 6.26 Å². The van der Waals surface area contributed by atoms with E-state index in [1.165, 1.54) is 31.5 Å². The molecular formula is C11H19N3O. The molecule has 2 N–H and O–H groups in total. The van der Waals surface area contributed by atoms with E-state index in [1.54, 1.807) is 6.26 Å². The smallest absolute Gasteiger partial charge is 0.128 e. The molecule has 4 heteroatoms. The summed E-state index contributed by atoms with van der Waals surface area (Å²) in [7, 11) is 0. The van der Waals surface area contributed by atoms with Crippen LogP contribution in [-0.2, 0) is 0 Å². The Kier molecular flexibility index (Phi) is 3.38. The summed E-state index contributed by atoms with van der Waals surface area (Å²) < 4.78 is 5.01. The maximum absolute atomic E-state index is 5.68. The van der Waals surface area contributed by atoms with E-state index in [-0.39, 0.29) is 0 Å². The maximum Gasteiger partial charge on any atom is 0.128 e. The average Bonchev–Trinajstić information content (AvgIpc) is 2.85. The molecule has 15 heavy (non-hydrogen) atoms. The summed E-state index contributed by atoms with van der Waals surface area (Å²) in [6.45, 7) is 5.06. The van der Waals surface area contributed by atoms with Crippen molar-refractivity contribution < 1.29 is 4.52 Å². The standard InChI is InChI=1S/C11H19N3O/c1-9-10(8-15-13-9)11(4-5-12)14-6-2-3-7-14/h8,11H,2-7,12H2,1H3. The lowest BCUT2D eigenvalue weighted by Gasteiger charge is -2.26. The Hall–Kier alpha value is -0.870. The van der Waals surface area contributed by atoms with Crippen LogP contribution in [0.1, 0.15) is 36.6 Å². The summed E-state index contributed by atoms with van der Waals surface area (Å²) in [6.07, 6.45) is 5.35. The van der Waals surface area contributed by atoms with Crippen LogP contribution in [0.4, 0.5) is 0 Å². The summed E-state index contributed by atoms with van der Waals surface area (Å²) in [5.74, 6) is 0. The Balaban J connectivity index is 2.15. The molecule has 0 amide bonds. The van der Waals surface area contributed by atoms with Crippen LogP contribution in [0.25, 0.3) is 0 Å². The number of nitrogens with two attached hydrogens (primary N) is 1. The summed E-state index contributed by atoms with van der Waals surface area (Å²) in [6, 6.07) is 0.406. The third kappa shape index (κ3) is 2.21. The number of hydrogen-bond acceptors (Lipinski definition) is 4. The first kappa shape index (κ1) is 10.6. The van der Waals surface area contributed by atoms with E-state index in [9.17, 15) is 0 Å². The highest BCUT2D eigenvalue weighted by Crippen LogP contribution is 2.29. The molecular weight excluding hydrogens is 190 g/mol. The highest BCUT2D eigenvalue weighted by atomic mass is 16.5. The molecule has 0 aliphatic carbocycles. The molecule has 4 nitrogen and oxygen atoms in total. The molecule has 84 valence electrons. The molecule has 1 fully saturated rings. The van der Waals surface area contributed by atoms with Crippen molar-refractivity contribution in [3.05, 3.63) is 17.5 Å². The van der Waals surface area contributed by atoms with Crippen LogP contribution in [0, 0.1) is 6.92 Å². The molecule has 1 aromatic heterocycles. The number of hydrogen-bond donors (Lipinski definition) is 1. The van der Waals surface area contributed by atoms with Gasteiger partial charge in [-0.05, 0) is 45.8 Å². The van der Waals surface area contributed by atoms with Crippen LogP contribution in [0.3, 0.4) is 0 Å². The van der Waals surface area contributed by atoms with Crippen LogP contribution in [0.2, 0.25) is 0 Å². The van der Waals surface area contributed by atoms with Crippen LogP contribution < -0.4 is 5.73 Å². The van der Waals surface area contributed by atoms with Gasteiger partial charge in [0, 0.05) is 11.6 Å². The van der Waals surface area contributed by atoms with E-state index < -0.39 is 0 Å². The molecule has 1 aliphatic rings. The van der Waals surface area contributed by atoms with Gasteiger partial charge in [0.25, 0.3) is 0 Å². The zero-order chi connectivity index (χ0) is 10.7. The maximum atomic E-state index is 5.68. The van der Waals surface area contributed by atoms with Crippen molar-refractivity contribution in [1.29, 1.82) is 0 Å². The minimum absolute atomic E-state index is 0.406. The molecule has 1 atom stereocenters. The van der Waals surface area contributed by atoms with Crippen LogP contribution in [0.15, 0.2) is 10.8 Å². The summed E-state index contributed by atoms with van der Waals surface area (Å²) in [5.41, 5.74) is 7.89. The van der Waals surface area contributed by atoms with Crippen LogP contribution in [0.5, 0.6) is 0 Å². The highest BCUT2D eigenvalue weighted by molar-refractivity contribution is 5.18. The Labute approximate surface area is 90.4 Å². The SMILES string of the molecule is Cc1nocc1C(CCN)N1CCCC1. The normalized spacial score (nSPS) is 19.6. The first-order valence-electron chi connectivity index (χ1n) is 5.68. The lowest BCUT2D eigenvalue weighted by Crippen LogP contribution is -2.27. The van der Waals surface area contributed by atoms with Crippen molar-refractivity contribution in [3.8, 4) is 0 Å². The van der Waals surface area contributed by atoms with Crippen molar-refractivity contribution in [2.24, 2.45) is 5.73 Å². The van der Waals surface area contributed by atoms with Crippen LogP contribution in [-0.4, -0.2) is 29.7 Å².